The van der Waals surface area contributed by atoms with Crippen molar-refractivity contribution >= 4 is 15.2 Å². The standard InChI is InChI=1S/C15H22O6S/c1-2-3-4-5-6-8-12(15(18)22(19,20)21)11-9-7-10-13(16)14(11)17/h7,9-10,12,16-17H,2-6,8H2,1H3,(H,19,20,21). The van der Waals surface area contributed by atoms with Crippen molar-refractivity contribution in [3.8, 4) is 11.5 Å². The molecule has 1 unspecified atom stereocenters. The number of hydrogen-bond acceptors (Lipinski definition) is 5. The third-order valence-corrected chi connectivity index (χ3v) is 4.35. The van der Waals surface area contributed by atoms with Crippen LogP contribution in [0, 0.1) is 0 Å². The van der Waals surface area contributed by atoms with Gasteiger partial charge in [0.1, 0.15) is 0 Å². The Morgan fingerprint density at radius 3 is 2.36 bits per heavy atom. The van der Waals surface area contributed by atoms with Gasteiger partial charge in [0.25, 0.3) is 5.12 Å². The Kier molecular flexibility index (Phi) is 6.83. The maximum Gasteiger partial charge on any atom is 0.329 e. The summed E-state index contributed by atoms with van der Waals surface area (Å²) in [6, 6.07) is 4.01. The molecule has 0 amide bonds. The average molecular weight is 330 g/mol. The smallest absolute Gasteiger partial charge is 0.329 e. The Labute approximate surface area is 130 Å². The van der Waals surface area contributed by atoms with E-state index in [4.69, 9.17) is 4.55 Å². The zero-order valence-corrected chi connectivity index (χ0v) is 13.3. The number of phenolic OH excluding ortho intramolecular Hbond substituents is 2. The van der Waals surface area contributed by atoms with Crippen LogP contribution < -0.4 is 0 Å². The molecule has 0 aliphatic heterocycles. The number of hydrogen-bond donors (Lipinski definition) is 3. The van der Waals surface area contributed by atoms with Crippen LogP contribution in [0.25, 0.3) is 0 Å². The molecular weight excluding hydrogens is 308 g/mol. The van der Waals surface area contributed by atoms with E-state index in [1.54, 1.807) is 0 Å². The second kappa shape index (κ2) is 8.14. The topological polar surface area (TPSA) is 112 Å². The van der Waals surface area contributed by atoms with Gasteiger partial charge in [-0.15, -0.1) is 0 Å². The molecule has 1 atom stereocenters. The van der Waals surface area contributed by atoms with Gasteiger partial charge in [-0.3, -0.25) is 9.35 Å². The summed E-state index contributed by atoms with van der Waals surface area (Å²) < 4.78 is 31.3. The van der Waals surface area contributed by atoms with E-state index in [0.717, 1.165) is 25.7 Å². The highest BCUT2D eigenvalue weighted by Crippen LogP contribution is 2.37. The fourth-order valence-electron chi connectivity index (χ4n) is 2.36. The normalized spacial score (nSPS) is 13.0. The number of benzene rings is 1. The van der Waals surface area contributed by atoms with Crippen LogP contribution in [0.2, 0.25) is 0 Å². The van der Waals surface area contributed by atoms with Gasteiger partial charge in [-0.05, 0) is 12.5 Å². The molecule has 1 aromatic carbocycles. The van der Waals surface area contributed by atoms with Crippen molar-refractivity contribution in [2.24, 2.45) is 0 Å². The number of rotatable bonds is 8. The molecule has 124 valence electrons. The summed E-state index contributed by atoms with van der Waals surface area (Å²) in [6.07, 6.45) is 4.66. The molecule has 0 spiro atoms. The zero-order chi connectivity index (χ0) is 16.8. The fourth-order valence-corrected chi connectivity index (χ4v) is 2.97. The predicted molar refractivity (Wildman–Crippen MR) is 82.4 cm³/mol. The van der Waals surface area contributed by atoms with Crippen LogP contribution >= 0.6 is 0 Å². The first-order chi connectivity index (χ1) is 10.3. The van der Waals surface area contributed by atoms with Crippen molar-refractivity contribution in [3.63, 3.8) is 0 Å². The van der Waals surface area contributed by atoms with E-state index in [-0.39, 0.29) is 12.0 Å². The summed E-state index contributed by atoms with van der Waals surface area (Å²) >= 11 is 0. The molecule has 0 bridgehead atoms. The largest absolute Gasteiger partial charge is 0.504 e. The van der Waals surface area contributed by atoms with Crippen molar-refractivity contribution < 1.29 is 28.0 Å². The SMILES string of the molecule is CCCCCCCC(C(=O)S(=O)(=O)O)c1cccc(O)c1O. The maximum atomic E-state index is 11.9. The Bertz CT molecular complexity index is 608. The van der Waals surface area contributed by atoms with Gasteiger partial charge in [0.05, 0.1) is 5.92 Å². The lowest BCUT2D eigenvalue weighted by molar-refractivity contribution is -0.113. The summed E-state index contributed by atoms with van der Waals surface area (Å²) in [4.78, 5) is 11.9. The maximum absolute atomic E-state index is 11.9. The summed E-state index contributed by atoms with van der Waals surface area (Å²) in [5.74, 6) is -2.15. The van der Waals surface area contributed by atoms with Gasteiger partial charge in [-0.2, -0.15) is 8.42 Å². The van der Waals surface area contributed by atoms with E-state index in [9.17, 15) is 23.4 Å². The van der Waals surface area contributed by atoms with Crippen LogP contribution in [0.3, 0.4) is 0 Å². The summed E-state index contributed by atoms with van der Waals surface area (Å²) in [5.41, 5.74) is 0.0121. The molecule has 0 radical (unpaired) electrons. The van der Waals surface area contributed by atoms with Gasteiger partial charge in [-0.1, -0.05) is 51.2 Å². The Morgan fingerprint density at radius 2 is 1.77 bits per heavy atom. The molecule has 22 heavy (non-hydrogen) atoms. The number of aromatic hydroxyl groups is 2. The van der Waals surface area contributed by atoms with Crippen LogP contribution in [0.15, 0.2) is 18.2 Å². The summed E-state index contributed by atoms with van der Waals surface area (Å²) in [7, 11) is -4.86. The van der Waals surface area contributed by atoms with Crippen molar-refractivity contribution in [2.75, 3.05) is 0 Å². The van der Waals surface area contributed by atoms with E-state index in [2.05, 4.69) is 6.92 Å². The Morgan fingerprint density at radius 1 is 1.14 bits per heavy atom. The van der Waals surface area contributed by atoms with Crippen LogP contribution in [-0.2, 0) is 14.9 Å². The van der Waals surface area contributed by atoms with Gasteiger partial charge in [0.15, 0.2) is 11.5 Å². The number of phenols is 2. The number of para-hydroxylation sites is 1. The predicted octanol–water partition coefficient (Wildman–Crippen LogP) is 2.96. The van der Waals surface area contributed by atoms with Crippen molar-refractivity contribution in [2.45, 2.75) is 51.4 Å². The highest BCUT2D eigenvalue weighted by Gasteiger charge is 2.32. The molecule has 1 aromatic rings. The van der Waals surface area contributed by atoms with E-state index < -0.39 is 32.7 Å². The molecule has 3 N–H and O–H groups in total. The fraction of sp³-hybridized carbons (Fsp3) is 0.533. The zero-order valence-electron chi connectivity index (χ0n) is 12.5. The number of carbonyl (C=O) groups excluding carboxylic acids is 1. The molecule has 0 aliphatic rings. The lowest BCUT2D eigenvalue weighted by Gasteiger charge is -2.16. The number of carbonyl (C=O) groups is 1. The van der Waals surface area contributed by atoms with Crippen molar-refractivity contribution in [1.82, 2.24) is 0 Å². The minimum Gasteiger partial charge on any atom is -0.504 e. The first-order valence-corrected chi connectivity index (χ1v) is 8.75. The second-order valence-corrected chi connectivity index (χ2v) is 6.62. The monoisotopic (exact) mass is 330 g/mol. The third kappa shape index (κ3) is 4.99. The van der Waals surface area contributed by atoms with Gasteiger partial charge in [0, 0.05) is 5.56 Å². The van der Waals surface area contributed by atoms with Crippen LogP contribution in [0.4, 0.5) is 0 Å². The van der Waals surface area contributed by atoms with E-state index in [1.807, 2.05) is 0 Å². The lowest BCUT2D eigenvalue weighted by atomic mass is 9.93. The highest BCUT2D eigenvalue weighted by molar-refractivity contribution is 8.01. The number of unbranched alkanes of at least 4 members (excludes halogenated alkanes) is 4. The minimum absolute atomic E-state index is 0.0121. The summed E-state index contributed by atoms with van der Waals surface area (Å²) in [6.45, 7) is 2.06. The average Bonchev–Trinajstić information content (AvgIpc) is 2.45. The Balaban J connectivity index is 2.97. The second-order valence-electron chi connectivity index (χ2n) is 5.26. The van der Waals surface area contributed by atoms with E-state index in [1.165, 1.54) is 18.2 Å². The van der Waals surface area contributed by atoms with Gasteiger partial charge in [0.2, 0.25) is 0 Å². The molecule has 6 nitrogen and oxygen atoms in total. The summed E-state index contributed by atoms with van der Waals surface area (Å²) in [5, 5.41) is 18.0. The first kappa shape index (κ1) is 18.4. The van der Waals surface area contributed by atoms with Gasteiger partial charge < -0.3 is 10.2 Å². The molecule has 0 aromatic heterocycles. The Hall–Kier alpha value is -1.60. The van der Waals surface area contributed by atoms with E-state index in [0.29, 0.717) is 6.42 Å². The van der Waals surface area contributed by atoms with Crippen molar-refractivity contribution in [3.05, 3.63) is 23.8 Å². The molecular formula is C15H22O6S. The lowest BCUT2D eigenvalue weighted by Crippen LogP contribution is -2.22. The molecule has 1 rings (SSSR count). The van der Waals surface area contributed by atoms with Crippen LogP contribution in [-0.4, -0.2) is 28.3 Å². The van der Waals surface area contributed by atoms with Crippen LogP contribution in [0.5, 0.6) is 11.5 Å². The molecule has 0 saturated heterocycles. The van der Waals surface area contributed by atoms with Gasteiger partial charge in [-0.25, -0.2) is 0 Å². The molecule has 0 aliphatic carbocycles. The molecule has 7 heteroatoms. The van der Waals surface area contributed by atoms with E-state index >= 15 is 0 Å². The van der Waals surface area contributed by atoms with Crippen LogP contribution in [0.1, 0.15) is 56.9 Å². The third-order valence-electron chi connectivity index (χ3n) is 3.56. The highest BCUT2D eigenvalue weighted by atomic mass is 32.2. The minimum atomic E-state index is -4.86. The van der Waals surface area contributed by atoms with Gasteiger partial charge >= 0.3 is 10.1 Å². The molecule has 0 heterocycles. The molecule has 0 fully saturated rings. The van der Waals surface area contributed by atoms with Crippen molar-refractivity contribution in [1.29, 1.82) is 0 Å². The first-order valence-electron chi connectivity index (χ1n) is 7.31. The molecule has 0 saturated carbocycles. The quantitative estimate of drug-likeness (QED) is 0.384.